The average Bonchev–Trinajstić information content (AvgIpc) is 2.40. The summed E-state index contributed by atoms with van der Waals surface area (Å²) in [6.45, 7) is 0.168. The van der Waals surface area contributed by atoms with Gasteiger partial charge in [0.15, 0.2) is 0 Å². The summed E-state index contributed by atoms with van der Waals surface area (Å²) in [4.78, 5) is 0. The molecule has 2 rings (SSSR count). The Labute approximate surface area is 124 Å². The summed E-state index contributed by atoms with van der Waals surface area (Å²) >= 11 is 3.19. The molecule has 0 spiro atoms. The topological polar surface area (TPSA) is 46.2 Å². The number of benzene rings is 2. The van der Waals surface area contributed by atoms with Crippen LogP contribution in [0.5, 0.6) is 0 Å². The molecule has 2 unspecified atom stereocenters. The van der Waals surface area contributed by atoms with E-state index >= 15 is 0 Å². The molecule has 0 radical (unpaired) electrons. The summed E-state index contributed by atoms with van der Waals surface area (Å²) in [6, 6.07) is 9.99. The van der Waals surface area contributed by atoms with Gasteiger partial charge in [-0.2, -0.15) is 0 Å². The molecule has 0 aromatic heterocycles. The van der Waals surface area contributed by atoms with Crippen molar-refractivity contribution in [2.45, 2.75) is 12.0 Å². The second kappa shape index (κ2) is 6.43. The van der Waals surface area contributed by atoms with E-state index in [-0.39, 0.29) is 12.4 Å². The fourth-order valence-corrected chi connectivity index (χ4v) is 2.62. The normalized spacial score (nSPS) is 14.1. The first-order valence-electron chi connectivity index (χ1n) is 6.11. The minimum absolute atomic E-state index is 0.168. The molecule has 2 aromatic rings. The third kappa shape index (κ3) is 3.42. The Kier molecular flexibility index (Phi) is 4.86. The van der Waals surface area contributed by atoms with E-state index in [9.17, 15) is 13.9 Å². The van der Waals surface area contributed by atoms with Crippen LogP contribution in [0.15, 0.2) is 46.9 Å². The summed E-state index contributed by atoms with van der Waals surface area (Å²) in [5.41, 5.74) is 6.84. The van der Waals surface area contributed by atoms with Crippen molar-refractivity contribution in [2.75, 3.05) is 6.54 Å². The molecule has 0 aliphatic rings. The van der Waals surface area contributed by atoms with Gasteiger partial charge in [-0.3, -0.25) is 0 Å². The van der Waals surface area contributed by atoms with Crippen LogP contribution in [0.25, 0.3) is 0 Å². The van der Waals surface area contributed by atoms with E-state index < -0.39 is 17.8 Å². The number of nitrogens with two attached hydrogens (primary N) is 1. The van der Waals surface area contributed by atoms with Gasteiger partial charge >= 0.3 is 0 Å². The number of hydrogen-bond donors (Lipinski definition) is 2. The largest absolute Gasteiger partial charge is 0.388 e. The Balaban J connectivity index is 2.33. The smallest absolute Gasteiger partial charge is 0.124 e. The number of rotatable bonds is 4. The van der Waals surface area contributed by atoms with Gasteiger partial charge in [0, 0.05) is 16.9 Å². The van der Waals surface area contributed by atoms with Gasteiger partial charge in [0.1, 0.15) is 11.6 Å². The van der Waals surface area contributed by atoms with Crippen LogP contribution in [0.3, 0.4) is 0 Å². The number of halogens is 3. The van der Waals surface area contributed by atoms with Crippen molar-refractivity contribution in [1.29, 1.82) is 0 Å². The third-order valence-electron chi connectivity index (χ3n) is 3.16. The molecule has 2 aromatic carbocycles. The molecule has 0 saturated carbocycles. The van der Waals surface area contributed by atoms with E-state index in [1.807, 2.05) is 0 Å². The first-order chi connectivity index (χ1) is 9.51. The van der Waals surface area contributed by atoms with E-state index in [2.05, 4.69) is 15.9 Å². The second-order valence-corrected chi connectivity index (χ2v) is 5.46. The van der Waals surface area contributed by atoms with Crippen LogP contribution in [-0.4, -0.2) is 11.7 Å². The Bertz CT molecular complexity index is 569. The first kappa shape index (κ1) is 15.1. The molecule has 0 aliphatic heterocycles. The van der Waals surface area contributed by atoms with E-state index in [1.54, 1.807) is 18.2 Å². The minimum Gasteiger partial charge on any atom is -0.388 e. The third-order valence-corrected chi connectivity index (χ3v) is 3.62. The molecule has 0 amide bonds. The number of aliphatic hydroxyl groups excluding tert-OH is 1. The predicted molar refractivity (Wildman–Crippen MR) is 77.3 cm³/mol. The lowest BCUT2D eigenvalue weighted by molar-refractivity contribution is 0.147. The summed E-state index contributed by atoms with van der Waals surface area (Å²) in [7, 11) is 0. The van der Waals surface area contributed by atoms with Crippen molar-refractivity contribution in [3.8, 4) is 0 Å². The maximum absolute atomic E-state index is 13.4. The summed E-state index contributed by atoms with van der Waals surface area (Å²) in [5, 5.41) is 10.4. The quantitative estimate of drug-likeness (QED) is 0.893. The van der Waals surface area contributed by atoms with Crippen molar-refractivity contribution in [1.82, 2.24) is 0 Å². The predicted octanol–water partition coefficient (Wildman–Crippen LogP) is 3.50. The molecular formula is C15H14BrF2NO. The highest BCUT2D eigenvalue weighted by atomic mass is 79.9. The molecule has 3 N–H and O–H groups in total. The maximum Gasteiger partial charge on any atom is 0.124 e. The Morgan fingerprint density at radius 1 is 1.00 bits per heavy atom. The molecular weight excluding hydrogens is 328 g/mol. The fourth-order valence-electron chi connectivity index (χ4n) is 2.14. The average molecular weight is 342 g/mol. The minimum atomic E-state index is -0.961. The van der Waals surface area contributed by atoms with Gasteiger partial charge in [-0.25, -0.2) is 8.78 Å². The van der Waals surface area contributed by atoms with E-state index in [0.29, 0.717) is 15.6 Å². The molecule has 0 aliphatic carbocycles. The second-order valence-electron chi connectivity index (χ2n) is 4.54. The molecule has 2 nitrogen and oxygen atoms in total. The SMILES string of the molecule is NCC(c1ccc(F)cc1)C(O)c1cc(F)cc(Br)c1. The Morgan fingerprint density at radius 2 is 1.65 bits per heavy atom. The summed E-state index contributed by atoms with van der Waals surface area (Å²) < 4.78 is 26.9. The zero-order valence-electron chi connectivity index (χ0n) is 10.6. The van der Waals surface area contributed by atoms with Gasteiger partial charge in [-0.1, -0.05) is 28.1 Å². The van der Waals surface area contributed by atoms with Crippen molar-refractivity contribution in [3.63, 3.8) is 0 Å². The van der Waals surface area contributed by atoms with Gasteiger partial charge in [0.05, 0.1) is 6.10 Å². The van der Waals surface area contributed by atoms with Crippen LogP contribution >= 0.6 is 15.9 Å². The number of aliphatic hydroxyl groups is 1. The lowest BCUT2D eigenvalue weighted by Crippen LogP contribution is -2.20. The van der Waals surface area contributed by atoms with E-state index in [0.717, 1.165) is 0 Å². The molecule has 0 fully saturated rings. The first-order valence-corrected chi connectivity index (χ1v) is 6.90. The summed E-state index contributed by atoms with van der Waals surface area (Å²) in [5.74, 6) is -1.22. The van der Waals surface area contributed by atoms with Crippen molar-refractivity contribution < 1.29 is 13.9 Å². The molecule has 5 heteroatoms. The van der Waals surface area contributed by atoms with E-state index in [4.69, 9.17) is 5.73 Å². The zero-order chi connectivity index (χ0) is 14.7. The fraction of sp³-hybridized carbons (Fsp3) is 0.200. The van der Waals surface area contributed by atoms with Gasteiger partial charge in [0.25, 0.3) is 0 Å². The van der Waals surface area contributed by atoms with Crippen LogP contribution in [0.1, 0.15) is 23.1 Å². The summed E-state index contributed by atoms with van der Waals surface area (Å²) in [6.07, 6.45) is -0.961. The van der Waals surface area contributed by atoms with Gasteiger partial charge in [-0.15, -0.1) is 0 Å². The Hall–Kier alpha value is -1.30. The number of hydrogen-bond acceptors (Lipinski definition) is 2. The van der Waals surface area contributed by atoms with Gasteiger partial charge in [0.2, 0.25) is 0 Å². The van der Waals surface area contributed by atoms with Crippen molar-refractivity contribution >= 4 is 15.9 Å². The van der Waals surface area contributed by atoms with Crippen LogP contribution in [0, 0.1) is 11.6 Å². The van der Waals surface area contributed by atoms with Crippen LogP contribution in [-0.2, 0) is 0 Å². The molecule has 20 heavy (non-hydrogen) atoms. The van der Waals surface area contributed by atoms with Gasteiger partial charge < -0.3 is 10.8 Å². The molecule has 2 atom stereocenters. The maximum atomic E-state index is 13.4. The molecule has 0 bridgehead atoms. The lowest BCUT2D eigenvalue weighted by atomic mass is 9.89. The highest BCUT2D eigenvalue weighted by Crippen LogP contribution is 2.32. The van der Waals surface area contributed by atoms with E-state index in [1.165, 1.54) is 24.3 Å². The lowest BCUT2D eigenvalue weighted by Gasteiger charge is -2.22. The monoisotopic (exact) mass is 341 g/mol. The molecule has 106 valence electrons. The highest BCUT2D eigenvalue weighted by Gasteiger charge is 2.22. The highest BCUT2D eigenvalue weighted by molar-refractivity contribution is 9.10. The van der Waals surface area contributed by atoms with Crippen LogP contribution in [0.2, 0.25) is 0 Å². The van der Waals surface area contributed by atoms with Crippen molar-refractivity contribution in [2.24, 2.45) is 5.73 Å². The van der Waals surface area contributed by atoms with Crippen LogP contribution < -0.4 is 5.73 Å². The Morgan fingerprint density at radius 3 is 2.20 bits per heavy atom. The van der Waals surface area contributed by atoms with Crippen molar-refractivity contribution in [3.05, 3.63) is 69.7 Å². The molecule has 0 heterocycles. The standard InChI is InChI=1S/C15H14BrF2NO/c16-11-5-10(6-13(18)7-11)15(20)14(8-19)9-1-3-12(17)4-2-9/h1-7,14-15,20H,8,19H2. The zero-order valence-corrected chi connectivity index (χ0v) is 12.1. The van der Waals surface area contributed by atoms with Gasteiger partial charge in [-0.05, 0) is 41.5 Å². The molecule has 0 saturated heterocycles. The van der Waals surface area contributed by atoms with Crippen LogP contribution in [0.4, 0.5) is 8.78 Å².